The molecule has 1 aliphatic carbocycles. The van der Waals surface area contributed by atoms with Gasteiger partial charge in [0, 0.05) is 35.3 Å². The van der Waals surface area contributed by atoms with Gasteiger partial charge < -0.3 is 10.6 Å². The third-order valence-electron chi connectivity index (χ3n) is 5.41. The number of hydrogen-bond donors (Lipinski definition) is 2. The largest absolute Gasteiger partial charge is 0.357 e. The van der Waals surface area contributed by atoms with Gasteiger partial charge >= 0.3 is 0 Å². The molecule has 1 saturated carbocycles. The first-order valence-electron chi connectivity index (χ1n) is 10.7. The van der Waals surface area contributed by atoms with Crippen molar-refractivity contribution in [3.05, 3.63) is 30.3 Å². The Kier molecular flexibility index (Phi) is 7.87. The van der Waals surface area contributed by atoms with Crippen molar-refractivity contribution in [2.45, 2.75) is 61.6 Å². The molecule has 0 radical (unpaired) electrons. The summed E-state index contributed by atoms with van der Waals surface area (Å²) in [6.07, 6.45) is 4.70. The second-order valence-corrected chi connectivity index (χ2v) is 11.6. The van der Waals surface area contributed by atoms with Crippen LogP contribution in [0.3, 0.4) is 0 Å². The topological polar surface area (TPSA) is 73.8 Å². The van der Waals surface area contributed by atoms with Crippen LogP contribution < -0.4 is 10.6 Å². The Balaban J connectivity index is 1.53. The predicted octanol–water partition coefficient (Wildman–Crippen LogP) is 3.07. The molecular weight excluding hydrogens is 404 g/mol. The van der Waals surface area contributed by atoms with Crippen LogP contribution in [0.25, 0.3) is 0 Å². The first-order chi connectivity index (χ1) is 14.0. The van der Waals surface area contributed by atoms with Gasteiger partial charge in [0.15, 0.2) is 5.96 Å². The highest BCUT2D eigenvalue weighted by atomic mass is 32.2. The van der Waals surface area contributed by atoms with Crippen molar-refractivity contribution < 1.29 is 8.42 Å². The van der Waals surface area contributed by atoms with Gasteiger partial charge in [-0.1, -0.05) is 25.1 Å². The number of hydrogen-bond acceptors (Lipinski definition) is 4. The Morgan fingerprint density at radius 1 is 1.21 bits per heavy atom. The molecule has 29 heavy (non-hydrogen) atoms. The van der Waals surface area contributed by atoms with Gasteiger partial charge in [0.05, 0.1) is 12.3 Å². The molecule has 1 heterocycles. The molecule has 0 spiro atoms. The third-order valence-corrected chi connectivity index (χ3v) is 8.96. The number of benzene rings is 1. The first kappa shape index (κ1) is 22.4. The number of guanidine groups is 1. The molecule has 0 bridgehead atoms. The molecule has 0 unspecified atom stereocenters. The molecule has 2 N–H and O–H groups in total. The molecule has 1 aliphatic heterocycles. The zero-order chi connectivity index (χ0) is 20.7. The number of rotatable bonds is 9. The quantitative estimate of drug-likeness (QED) is 0.458. The number of aliphatic imine (C=N–C) groups is 1. The standard InChI is InChI=1S/C21H34N4O2S2/c1-3-16-29(26,27)25-14-10-18(11-15-25)24-20(22-4-2)23-17-21(12-13-21)28-19-8-6-5-7-9-19/h5-9,18H,3-4,10-17H2,1-2H3,(H2,22,23,24). The summed E-state index contributed by atoms with van der Waals surface area (Å²) in [6, 6.07) is 10.8. The summed E-state index contributed by atoms with van der Waals surface area (Å²) in [7, 11) is -3.09. The van der Waals surface area contributed by atoms with E-state index in [4.69, 9.17) is 4.99 Å². The molecule has 3 rings (SSSR count). The highest BCUT2D eigenvalue weighted by molar-refractivity contribution is 8.01. The van der Waals surface area contributed by atoms with Crippen LogP contribution in [0.1, 0.15) is 46.0 Å². The highest BCUT2D eigenvalue weighted by Gasteiger charge is 2.43. The molecule has 2 aliphatic rings. The van der Waals surface area contributed by atoms with Gasteiger partial charge in [0.1, 0.15) is 0 Å². The lowest BCUT2D eigenvalue weighted by atomic mass is 10.1. The average Bonchev–Trinajstić information content (AvgIpc) is 3.47. The molecule has 162 valence electrons. The zero-order valence-electron chi connectivity index (χ0n) is 17.6. The van der Waals surface area contributed by atoms with Crippen LogP contribution in [0.4, 0.5) is 0 Å². The molecule has 6 nitrogen and oxygen atoms in total. The van der Waals surface area contributed by atoms with Gasteiger partial charge in [-0.05, 0) is 51.2 Å². The average molecular weight is 439 g/mol. The minimum atomic E-state index is -3.09. The normalized spacial score (nSPS) is 20.4. The fourth-order valence-corrected chi connectivity index (χ4v) is 6.34. The monoisotopic (exact) mass is 438 g/mol. The molecule has 8 heteroatoms. The highest BCUT2D eigenvalue weighted by Crippen LogP contribution is 2.51. The molecule has 0 aromatic heterocycles. The molecule has 0 atom stereocenters. The molecule has 0 amide bonds. The smallest absolute Gasteiger partial charge is 0.214 e. The number of piperidine rings is 1. The van der Waals surface area contributed by atoms with E-state index in [2.05, 4.69) is 41.8 Å². The van der Waals surface area contributed by atoms with Crippen molar-refractivity contribution in [2.75, 3.05) is 31.9 Å². The van der Waals surface area contributed by atoms with Crippen molar-refractivity contribution in [1.82, 2.24) is 14.9 Å². The number of nitrogens with zero attached hydrogens (tertiary/aromatic N) is 2. The maximum atomic E-state index is 12.3. The Labute approximate surface area is 180 Å². The maximum Gasteiger partial charge on any atom is 0.214 e. The van der Waals surface area contributed by atoms with E-state index in [-0.39, 0.29) is 16.5 Å². The van der Waals surface area contributed by atoms with Crippen molar-refractivity contribution in [3.8, 4) is 0 Å². The van der Waals surface area contributed by atoms with Crippen LogP contribution in [0, 0.1) is 0 Å². The van der Waals surface area contributed by atoms with Crippen molar-refractivity contribution in [3.63, 3.8) is 0 Å². The lowest BCUT2D eigenvalue weighted by Crippen LogP contribution is -2.50. The summed E-state index contributed by atoms with van der Waals surface area (Å²) in [5.74, 6) is 1.10. The van der Waals surface area contributed by atoms with Gasteiger partial charge in [-0.25, -0.2) is 12.7 Å². The maximum absolute atomic E-state index is 12.3. The van der Waals surface area contributed by atoms with Gasteiger partial charge in [0.25, 0.3) is 0 Å². The van der Waals surface area contributed by atoms with E-state index in [1.807, 2.05) is 24.8 Å². The van der Waals surface area contributed by atoms with Crippen LogP contribution >= 0.6 is 11.8 Å². The van der Waals surface area contributed by atoms with Crippen LogP contribution in [0.5, 0.6) is 0 Å². The fourth-order valence-electron chi connectivity index (χ4n) is 3.57. The Morgan fingerprint density at radius 2 is 1.90 bits per heavy atom. The molecule has 1 aromatic carbocycles. The molecule has 1 saturated heterocycles. The SMILES string of the molecule is CCCS(=O)(=O)N1CCC(NC(=NCC2(Sc3ccccc3)CC2)NCC)CC1. The van der Waals surface area contributed by atoms with Crippen LogP contribution in [0.15, 0.2) is 40.2 Å². The summed E-state index contributed by atoms with van der Waals surface area (Å²) >= 11 is 1.93. The van der Waals surface area contributed by atoms with Gasteiger partial charge in [-0.2, -0.15) is 0 Å². The van der Waals surface area contributed by atoms with E-state index < -0.39 is 10.0 Å². The number of thioether (sulfide) groups is 1. The second kappa shape index (κ2) is 10.2. The lowest BCUT2D eigenvalue weighted by molar-refractivity contribution is 0.306. The number of nitrogens with one attached hydrogen (secondary N) is 2. The predicted molar refractivity (Wildman–Crippen MR) is 122 cm³/mol. The van der Waals surface area contributed by atoms with Crippen LogP contribution in [0.2, 0.25) is 0 Å². The molecule has 1 aromatic rings. The molecular formula is C21H34N4O2S2. The number of sulfonamides is 1. The fraction of sp³-hybridized carbons (Fsp3) is 0.667. The summed E-state index contributed by atoms with van der Waals surface area (Å²) < 4.78 is 26.4. The van der Waals surface area contributed by atoms with E-state index in [0.717, 1.165) is 31.9 Å². The zero-order valence-corrected chi connectivity index (χ0v) is 19.2. The summed E-state index contributed by atoms with van der Waals surface area (Å²) in [5.41, 5.74) is 0. The lowest BCUT2D eigenvalue weighted by Gasteiger charge is -2.32. The Bertz CT molecular complexity index is 771. The van der Waals surface area contributed by atoms with E-state index in [1.165, 1.54) is 17.7 Å². The Hall–Kier alpha value is -1.25. The summed E-state index contributed by atoms with van der Waals surface area (Å²) in [4.78, 5) is 6.18. The molecule has 2 fully saturated rings. The van der Waals surface area contributed by atoms with Crippen molar-refractivity contribution >= 4 is 27.7 Å². The van der Waals surface area contributed by atoms with E-state index in [0.29, 0.717) is 19.5 Å². The van der Waals surface area contributed by atoms with E-state index in [9.17, 15) is 8.42 Å². The van der Waals surface area contributed by atoms with E-state index in [1.54, 1.807) is 4.31 Å². The summed E-state index contributed by atoms with van der Waals surface area (Å²) in [5, 5.41) is 6.89. The second-order valence-electron chi connectivity index (χ2n) is 7.93. The summed E-state index contributed by atoms with van der Waals surface area (Å²) in [6.45, 7) is 6.77. The Morgan fingerprint density at radius 3 is 2.48 bits per heavy atom. The van der Waals surface area contributed by atoms with Crippen molar-refractivity contribution in [2.24, 2.45) is 4.99 Å². The van der Waals surface area contributed by atoms with Gasteiger partial charge in [0.2, 0.25) is 10.0 Å². The van der Waals surface area contributed by atoms with Crippen LogP contribution in [-0.2, 0) is 10.0 Å². The van der Waals surface area contributed by atoms with E-state index >= 15 is 0 Å². The van der Waals surface area contributed by atoms with Crippen LogP contribution in [-0.4, -0.2) is 61.4 Å². The van der Waals surface area contributed by atoms with Crippen molar-refractivity contribution in [1.29, 1.82) is 0 Å². The van der Waals surface area contributed by atoms with Gasteiger partial charge in [-0.15, -0.1) is 11.8 Å². The first-order valence-corrected chi connectivity index (χ1v) is 13.2. The van der Waals surface area contributed by atoms with Gasteiger partial charge in [-0.3, -0.25) is 4.99 Å². The minimum absolute atomic E-state index is 0.224. The third kappa shape index (κ3) is 6.62. The minimum Gasteiger partial charge on any atom is -0.357 e.